The predicted octanol–water partition coefficient (Wildman–Crippen LogP) is 4.43. The lowest BCUT2D eigenvalue weighted by atomic mass is 10.2. The lowest BCUT2D eigenvalue weighted by Crippen LogP contribution is -2.12. The first kappa shape index (κ1) is 16.1. The molecule has 0 saturated heterocycles. The standard InChI is InChI=1S/C16H15F3N4O/c1-3-24-12-7-5-4-6-11(12)21-14-10-8-9(2)20-13(10)22-15(23-14)16(17,18)19/h4-8H,3H2,1-2H3,(H2,20,21,22,23). The molecule has 0 amide bonds. The van der Waals surface area contributed by atoms with E-state index in [9.17, 15) is 13.2 Å². The number of nitrogens with one attached hydrogen (secondary N) is 2. The van der Waals surface area contributed by atoms with Gasteiger partial charge in [-0.15, -0.1) is 0 Å². The van der Waals surface area contributed by atoms with Crippen molar-refractivity contribution in [2.75, 3.05) is 11.9 Å². The molecule has 0 aliphatic carbocycles. The van der Waals surface area contributed by atoms with Gasteiger partial charge in [-0.1, -0.05) is 12.1 Å². The van der Waals surface area contributed by atoms with E-state index in [0.29, 0.717) is 29.1 Å². The number of aryl methyl sites for hydroxylation is 1. The molecule has 5 nitrogen and oxygen atoms in total. The Labute approximate surface area is 135 Å². The highest BCUT2D eigenvalue weighted by Gasteiger charge is 2.36. The van der Waals surface area contributed by atoms with Crippen molar-refractivity contribution in [2.24, 2.45) is 0 Å². The number of anilines is 2. The minimum atomic E-state index is -4.64. The van der Waals surface area contributed by atoms with E-state index < -0.39 is 12.0 Å². The summed E-state index contributed by atoms with van der Waals surface area (Å²) in [6.45, 7) is 4.01. The molecule has 24 heavy (non-hydrogen) atoms. The summed E-state index contributed by atoms with van der Waals surface area (Å²) in [7, 11) is 0. The van der Waals surface area contributed by atoms with E-state index in [1.807, 2.05) is 6.92 Å². The second-order valence-corrected chi connectivity index (χ2v) is 5.16. The molecule has 2 aromatic heterocycles. The maximum Gasteiger partial charge on any atom is 0.451 e. The van der Waals surface area contributed by atoms with E-state index in [1.54, 1.807) is 37.3 Å². The number of rotatable bonds is 4. The van der Waals surface area contributed by atoms with E-state index in [0.717, 1.165) is 0 Å². The van der Waals surface area contributed by atoms with Crippen LogP contribution < -0.4 is 10.1 Å². The van der Waals surface area contributed by atoms with Gasteiger partial charge in [0.15, 0.2) is 0 Å². The van der Waals surface area contributed by atoms with Gasteiger partial charge in [-0.3, -0.25) is 0 Å². The number of alkyl halides is 3. The van der Waals surface area contributed by atoms with Gasteiger partial charge in [0.1, 0.15) is 17.2 Å². The molecule has 0 saturated carbocycles. The highest BCUT2D eigenvalue weighted by atomic mass is 19.4. The van der Waals surface area contributed by atoms with Gasteiger partial charge in [0.2, 0.25) is 5.82 Å². The molecule has 2 heterocycles. The molecule has 0 spiro atoms. The minimum Gasteiger partial charge on any atom is -0.492 e. The molecule has 0 atom stereocenters. The molecule has 0 bridgehead atoms. The average molecular weight is 336 g/mol. The third kappa shape index (κ3) is 3.12. The van der Waals surface area contributed by atoms with Crippen LogP contribution in [0.15, 0.2) is 30.3 Å². The van der Waals surface area contributed by atoms with Gasteiger partial charge in [-0.05, 0) is 32.0 Å². The van der Waals surface area contributed by atoms with E-state index in [4.69, 9.17) is 4.74 Å². The van der Waals surface area contributed by atoms with Gasteiger partial charge in [0.05, 0.1) is 17.7 Å². The Hall–Kier alpha value is -2.77. The highest BCUT2D eigenvalue weighted by Crippen LogP contribution is 2.33. The smallest absolute Gasteiger partial charge is 0.451 e. The van der Waals surface area contributed by atoms with Crippen molar-refractivity contribution in [2.45, 2.75) is 20.0 Å². The molecule has 3 aromatic rings. The number of hydrogen-bond acceptors (Lipinski definition) is 4. The van der Waals surface area contributed by atoms with Crippen molar-refractivity contribution in [3.05, 3.63) is 41.9 Å². The summed E-state index contributed by atoms with van der Waals surface area (Å²) in [6.07, 6.45) is -4.64. The Morgan fingerprint density at radius 1 is 1.21 bits per heavy atom. The van der Waals surface area contributed by atoms with Gasteiger partial charge in [0.25, 0.3) is 0 Å². The van der Waals surface area contributed by atoms with Crippen LogP contribution in [0.3, 0.4) is 0 Å². The monoisotopic (exact) mass is 336 g/mol. The van der Waals surface area contributed by atoms with Gasteiger partial charge >= 0.3 is 6.18 Å². The number of fused-ring (bicyclic) bond motifs is 1. The number of aromatic amines is 1. The Kier molecular flexibility index (Phi) is 4.04. The summed E-state index contributed by atoms with van der Waals surface area (Å²) < 4.78 is 44.6. The Morgan fingerprint density at radius 2 is 1.96 bits per heavy atom. The zero-order valence-corrected chi connectivity index (χ0v) is 13.0. The third-order valence-corrected chi connectivity index (χ3v) is 3.32. The van der Waals surface area contributed by atoms with Gasteiger partial charge in [-0.25, -0.2) is 9.97 Å². The minimum absolute atomic E-state index is 0.0730. The third-order valence-electron chi connectivity index (χ3n) is 3.32. The lowest BCUT2D eigenvalue weighted by Gasteiger charge is -2.13. The van der Waals surface area contributed by atoms with Crippen LogP contribution in [-0.2, 0) is 6.18 Å². The molecule has 0 aliphatic heterocycles. The number of nitrogens with zero attached hydrogens (tertiary/aromatic N) is 2. The number of ether oxygens (including phenoxy) is 1. The summed E-state index contributed by atoms with van der Waals surface area (Å²) in [6, 6.07) is 8.69. The molecule has 0 radical (unpaired) electrons. The Balaban J connectivity index is 2.11. The molecule has 1 aromatic carbocycles. The van der Waals surface area contributed by atoms with E-state index in [1.165, 1.54) is 0 Å². The molecule has 3 rings (SSSR count). The Morgan fingerprint density at radius 3 is 2.67 bits per heavy atom. The average Bonchev–Trinajstić information content (AvgIpc) is 2.89. The van der Waals surface area contributed by atoms with Crippen molar-refractivity contribution in [3.8, 4) is 5.75 Å². The van der Waals surface area contributed by atoms with Crippen LogP contribution >= 0.6 is 0 Å². The molecule has 0 fully saturated rings. The van der Waals surface area contributed by atoms with Gasteiger partial charge < -0.3 is 15.0 Å². The first-order chi connectivity index (χ1) is 11.4. The molecule has 126 valence electrons. The lowest BCUT2D eigenvalue weighted by molar-refractivity contribution is -0.144. The normalized spacial score (nSPS) is 11.7. The maximum atomic E-state index is 13.1. The maximum absolute atomic E-state index is 13.1. The zero-order valence-electron chi connectivity index (χ0n) is 13.0. The molecule has 8 heteroatoms. The number of aromatic nitrogens is 3. The van der Waals surface area contributed by atoms with Crippen LogP contribution in [0.5, 0.6) is 5.75 Å². The number of hydrogen-bond donors (Lipinski definition) is 2. The van der Waals surface area contributed by atoms with E-state index in [2.05, 4.69) is 20.3 Å². The fourth-order valence-corrected chi connectivity index (χ4v) is 2.34. The second-order valence-electron chi connectivity index (χ2n) is 5.16. The van der Waals surface area contributed by atoms with Crippen molar-refractivity contribution in [3.63, 3.8) is 0 Å². The van der Waals surface area contributed by atoms with Crippen molar-refractivity contribution in [1.82, 2.24) is 15.0 Å². The molecule has 0 aliphatic rings. The van der Waals surface area contributed by atoms with Crippen LogP contribution in [0.4, 0.5) is 24.7 Å². The largest absolute Gasteiger partial charge is 0.492 e. The van der Waals surface area contributed by atoms with E-state index in [-0.39, 0.29) is 11.5 Å². The fourth-order valence-electron chi connectivity index (χ4n) is 2.34. The predicted molar refractivity (Wildman–Crippen MR) is 84.5 cm³/mol. The summed E-state index contributed by atoms with van der Waals surface area (Å²) in [5.41, 5.74) is 1.36. The van der Waals surface area contributed by atoms with Crippen LogP contribution in [0.25, 0.3) is 11.0 Å². The first-order valence-corrected chi connectivity index (χ1v) is 7.32. The van der Waals surface area contributed by atoms with Gasteiger partial charge in [0, 0.05) is 5.69 Å². The molecular weight excluding hydrogens is 321 g/mol. The molecule has 2 N–H and O–H groups in total. The fraction of sp³-hybridized carbons (Fsp3) is 0.250. The Bertz CT molecular complexity index is 873. The molecule has 0 unspecified atom stereocenters. The number of halogens is 3. The number of benzene rings is 1. The number of para-hydroxylation sites is 2. The van der Waals surface area contributed by atoms with Crippen LogP contribution in [0.2, 0.25) is 0 Å². The SMILES string of the molecule is CCOc1ccccc1Nc1nc(C(F)(F)F)nc2[nH]c(C)cc12. The molecular formula is C16H15F3N4O. The summed E-state index contributed by atoms with van der Waals surface area (Å²) in [4.78, 5) is 10.0. The topological polar surface area (TPSA) is 62.8 Å². The van der Waals surface area contributed by atoms with Crippen LogP contribution in [0, 0.1) is 6.92 Å². The van der Waals surface area contributed by atoms with Crippen LogP contribution in [0.1, 0.15) is 18.4 Å². The quantitative estimate of drug-likeness (QED) is 0.740. The summed E-state index contributed by atoms with van der Waals surface area (Å²) in [5.74, 6) is -0.593. The first-order valence-electron chi connectivity index (χ1n) is 7.32. The van der Waals surface area contributed by atoms with E-state index >= 15 is 0 Å². The zero-order chi connectivity index (χ0) is 17.3. The van der Waals surface area contributed by atoms with Crippen molar-refractivity contribution in [1.29, 1.82) is 0 Å². The van der Waals surface area contributed by atoms with Gasteiger partial charge in [-0.2, -0.15) is 13.2 Å². The van der Waals surface area contributed by atoms with Crippen molar-refractivity contribution >= 4 is 22.5 Å². The second kappa shape index (κ2) is 6.03. The summed E-state index contributed by atoms with van der Waals surface area (Å²) >= 11 is 0. The number of H-pyrrole nitrogens is 1. The summed E-state index contributed by atoms with van der Waals surface area (Å²) in [5, 5.41) is 3.41. The van der Waals surface area contributed by atoms with Crippen molar-refractivity contribution < 1.29 is 17.9 Å². The van der Waals surface area contributed by atoms with Crippen LogP contribution in [-0.4, -0.2) is 21.6 Å². The highest BCUT2D eigenvalue weighted by molar-refractivity contribution is 5.90.